The van der Waals surface area contributed by atoms with Gasteiger partial charge in [0.25, 0.3) is 0 Å². The largest absolute Gasteiger partial charge is 0.478 e. The molecule has 1 rings (SSSR count). The van der Waals surface area contributed by atoms with Crippen molar-refractivity contribution in [3.63, 3.8) is 0 Å². The fraction of sp³-hybridized carbons (Fsp3) is 0.417. The normalized spacial score (nSPS) is 11.7. The predicted octanol–water partition coefficient (Wildman–Crippen LogP) is 1.73. The number of rotatable bonds is 6. The van der Waals surface area contributed by atoms with E-state index in [2.05, 4.69) is 10.3 Å². The third-order valence-electron chi connectivity index (χ3n) is 2.36. The molecule has 0 bridgehead atoms. The SMILES string of the molecule is CCOc1ccc(NC(=O)C(CC)C(N)=S)cn1. The molecule has 0 fully saturated rings. The van der Waals surface area contributed by atoms with Crippen LogP contribution < -0.4 is 15.8 Å². The molecule has 3 N–H and O–H groups in total. The molecule has 0 aliphatic carbocycles. The lowest BCUT2D eigenvalue weighted by atomic mass is 10.1. The average molecular weight is 267 g/mol. The van der Waals surface area contributed by atoms with E-state index in [9.17, 15) is 4.79 Å². The van der Waals surface area contributed by atoms with Gasteiger partial charge in [0.2, 0.25) is 11.8 Å². The molecule has 98 valence electrons. The van der Waals surface area contributed by atoms with Crippen molar-refractivity contribution < 1.29 is 9.53 Å². The highest BCUT2D eigenvalue weighted by Crippen LogP contribution is 2.13. The van der Waals surface area contributed by atoms with Crippen molar-refractivity contribution in [2.24, 2.45) is 11.7 Å². The molecule has 1 unspecified atom stereocenters. The minimum atomic E-state index is -0.452. The van der Waals surface area contributed by atoms with Crippen molar-refractivity contribution in [2.75, 3.05) is 11.9 Å². The van der Waals surface area contributed by atoms with Crippen LogP contribution in [0.4, 0.5) is 5.69 Å². The number of carbonyl (C=O) groups is 1. The Kier molecular flexibility index (Phi) is 5.51. The summed E-state index contributed by atoms with van der Waals surface area (Å²) in [5, 5.41) is 2.72. The van der Waals surface area contributed by atoms with Crippen LogP contribution in [0.25, 0.3) is 0 Å². The number of pyridine rings is 1. The van der Waals surface area contributed by atoms with E-state index in [1.165, 1.54) is 6.20 Å². The monoisotopic (exact) mass is 267 g/mol. The summed E-state index contributed by atoms with van der Waals surface area (Å²) >= 11 is 4.85. The Bertz CT molecular complexity index is 420. The van der Waals surface area contributed by atoms with Gasteiger partial charge in [-0.05, 0) is 19.4 Å². The first-order valence-electron chi connectivity index (χ1n) is 5.77. The van der Waals surface area contributed by atoms with Gasteiger partial charge < -0.3 is 15.8 Å². The summed E-state index contributed by atoms with van der Waals surface area (Å²) in [5.74, 6) is -0.139. The van der Waals surface area contributed by atoms with Crippen molar-refractivity contribution in [2.45, 2.75) is 20.3 Å². The molecule has 1 heterocycles. The van der Waals surface area contributed by atoms with E-state index in [4.69, 9.17) is 22.7 Å². The Morgan fingerprint density at radius 1 is 1.56 bits per heavy atom. The zero-order valence-electron chi connectivity index (χ0n) is 10.5. The number of amides is 1. The van der Waals surface area contributed by atoms with Gasteiger partial charge in [0, 0.05) is 6.07 Å². The van der Waals surface area contributed by atoms with Gasteiger partial charge in [-0.2, -0.15) is 0 Å². The second-order valence-corrected chi connectivity index (χ2v) is 4.14. The number of aromatic nitrogens is 1. The predicted molar refractivity (Wildman–Crippen MR) is 74.6 cm³/mol. The summed E-state index contributed by atoms with van der Waals surface area (Å²) in [4.78, 5) is 16.1. The molecule has 0 aliphatic heterocycles. The fourth-order valence-corrected chi connectivity index (χ4v) is 1.71. The van der Waals surface area contributed by atoms with Crippen LogP contribution in [0.5, 0.6) is 5.88 Å². The molecule has 0 aliphatic rings. The number of ether oxygens (including phenoxy) is 1. The molecule has 1 aromatic heterocycles. The smallest absolute Gasteiger partial charge is 0.234 e. The van der Waals surface area contributed by atoms with E-state index in [0.29, 0.717) is 24.6 Å². The molecule has 0 radical (unpaired) electrons. The first-order valence-corrected chi connectivity index (χ1v) is 6.18. The van der Waals surface area contributed by atoms with E-state index in [1.54, 1.807) is 12.1 Å². The Morgan fingerprint density at radius 3 is 2.72 bits per heavy atom. The van der Waals surface area contributed by atoms with Crippen molar-refractivity contribution in [3.05, 3.63) is 18.3 Å². The summed E-state index contributed by atoms with van der Waals surface area (Å²) in [7, 11) is 0. The molecular formula is C12H17N3O2S. The highest BCUT2D eigenvalue weighted by molar-refractivity contribution is 7.80. The molecular weight excluding hydrogens is 250 g/mol. The van der Waals surface area contributed by atoms with Crippen LogP contribution in [0.3, 0.4) is 0 Å². The highest BCUT2D eigenvalue weighted by Gasteiger charge is 2.19. The molecule has 5 nitrogen and oxygen atoms in total. The quantitative estimate of drug-likeness (QED) is 0.768. The fourth-order valence-electron chi connectivity index (χ4n) is 1.43. The minimum Gasteiger partial charge on any atom is -0.478 e. The Hall–Kier alpha value is -1.69. The van der Waals surface area contributed by atoms with Crippen LogP contribution in [-0.4, -0.2) is 22.5 Å². The minimum absolute atomic E-state index is 0.203. The van der Waals surface area contributed by atoms with Crippen LogP contribution in [0.15, 0.2) is 18.3 Å². The second-order valence-electron chi connectivity index (χ2n) is 3.67. The number of nitrogens with one attached hydrogen (secondary N) is 1. The maximum absolute atomic E-state index is 11.9. The summed E-state index contributed by atoms with van der Waals surface area (Å²) in [6, 6.07) is 3.42. The number of nitrogens with two attached hydrogens (primary N) is 1. The van der Waals surface area contributed by atoms with E-state index < -0.39 is 5.92 Å². The topological polar surface area (TPSA) is 77.2 Å². The molecule has 0 spiro atoms. The van der Waals surface area contributed by atoms with Crippen molar-refractivity contribution in [1.29, 1.82) is 0 Å². The summed E-state index contributed by atoms with van der Waals surface area (Å²) in [6.45, 7) is 4.29. The van der Waals surface area contributed by atoms with Crippen molar-refractivity contribution in [1.82, 2.24) is 4.98 Å². The number of thiocarbonyl (C=S) groups is 1. The first-order chi connectivity index (χ1) is 8.58. The average Bonchev–Trinajstić information content (AvgIpc) is 2.32. The van der Waals surface area contributed by atoms with E-state index in [-0.39, 0.29) is 10.9 Å². The molecule has 0 aromatic carbocycles. The Balaban J connectivity index is 2.66. The number of anilines is 1. The van der Waals surface area contributed by atoms with Gasteiger partial charge >= 0.3 is 0 Å². The molecule has 6 heteroatoms. The maximum Gasteiger partial charge on any atom is 0.234 e. The van der Waals surface area contributed by atoms with Crippen LogP contribution in [0.1, 0.15) is 20.3 Å². The van der Waals surface area contributed by atoms with Crippen LogP contribution >= 0.6 is 12.2 Å². The van der Waals surface area contributed by atoms with E-state index in [0.717, 1.165) is 0 Å². The van der Waals surface area contributed by atoms with Crippen LogP contribution in [0.2, 0.25) is 0 Å². The molecule has 0 saturated carbocycles. The highest BCUT2D eigenvalue weighted by atomic mass is 32.1. The summed E-state index contributed by atoms with van der Waals surface area (Å²) in [6.07, 6.45) is 2.11. The Labute approximate surface area is 112 Å². The van der Waals surface area contributed by atoms with Gasteiger partial charge in [0.05, 0.1) is 29.4 Å². The summed E-state index contributed by atoms with van der Waals surface area (Å²) < 4.78 is 5.21. The van der Waals surface area contributed by atoms with Crippen LogP contribution in [0, 0.1) is 5.92 Å². The third kappa shape index (κ3) is 3.96. The lowest BCUT2D eigenvalue weighted by molar-refractivity contribution is -0.118. The van der Waals surface area contributed by atoms with Crippen molar-refractivity contribution >= 4 is 28.8 Å². The van der Waals surface area contributed by atoms with Crippen molar-refractivity contribution in [3.8, 4) is 5.88 Å². The van der Waals surface area contributed by atoms with Crippen LogP contribution in [-0.2, 0) is 4.79 Å². The third-order valence-corrected chi connectivity index (χ3v) is 2.65. The number of nitrogens with zero attached hydrogens (tertiary/aromatic N) is 1. The van der Waals surface area contributed by atoms with Gasteiger partial charge in [-0.25, -0.2) is 4.98 Å². The lowest BCUT2D eigenvalue weighted by Gasteiger charge is -2.13. The molecule has 1 aromatic rings. The second kappa shape index (κ2) is 6.90. The number of hydrogen-bond donors (Lipinski definition) is 2. The zero-order chi connectivity index (χ0) is 13.5. The van der Waals surface area contributed by atoms with E-state index >= 15 is 0 Å². The molecule has 1 amide bonds. The first kappa shape index (κ1) is 14.4. The number of hydrogen-bond acceptors (Lipinski definition) is 4. The molecule has 0 saturated heterocycles. The standard InChI is InChI=1S/C12H17N3O2S/c1-3-9(11(13)18)12(16)15-8-5-6-10(14-7-8)17-4-2/h5-7,9H,3-4H2,1-2H3,(H2,13,18)(H,15,16). The summed E-state index contributed by atoms with van der Waals surface area (Å²) in [5.41, 5.74) is 6.10. The van der Waals surface area contributed by atoms with Gasteiger partial charge in [0.15, 0.2) is 0 Å². The van der Waals surface area contributed by atoms with Gasteiger partial charge in [-0.3, -0.25) is 4.79 Å². The van der Waals surface area contributed by atoms with E-state index in [1.807, 2.05) is 13.8 Å². The molecule has 18 heavy (non-hydrogen) atoms. The molecule has 1 atom stereocenters. The van der Waals surface area contributed by atoms with Gasteiger partial charge in [0.1, 0.15) is 0 Å². The van der Waals surface area contributed by atoms with Gasteiger partial charge in [-0.15, -0.1) is 0 Å². The van der Waals surface area contributed by atoms with Gasteiger partial charge in [-0.1, -0.05) is 19.1 Å². The number of carbonyl (C=O) groups excluding carboxylic acids is 1. The maximum atomic E-state index is 11.9. The lowest BCUT2D eigenvalue weighted by Crippen LogP contribution is -2.32. The Morgan fingerprint density at radius 2 is 2.28 bits per heavy atom. The zero-order valence-corrected chi connectivity index (χ0v) is 11.3.